The molecule has 1 fully saturated rings. The summed E-state index contributed by atoms with van der Waals surface area (Å²) in [5.41, 5.74) is 8.04. The molecule has 18 heavy (non-hydrogen) atoms. The minimum atomic E-state index is 0.449. The van der Waals surface area contributed by atoms with Crippen LogP contribution < -0.4 is 10.6 Å². The summed E-state index contributed by atoms with van der Waals surface area (Å²) in [5.74, 6) is 1.10. The zero-order chi connectivity index (χ0) is 13.0. The summed E-state index contributed by atoms with van der Waals surface area (Å²) in [6, 6.07) is 2.66. The molecule has 1 saturated heterocycles. The number of morpholine rings is 1. The molecule has 1 aromatic heterocycles. The molecule has 0 aliphatic carbocycles. The van der Waals surface area contributed by atoms with Gasteiger partial charge < -0.3 is 15.4 Å². The Morgan fingerprint density at radius 2 is 2.39 bits per heavy atom. The predicted octanol–water partition coefficient (Wildman–Crippen LogP) is 1.51. The maximum Gasteiger partial charge on any atom is 0.131 e. The van der Waals surface area contributed by atoms with Crippen molar-refractivity contribution in [2.75, 3.05) is 31.2 Å². The van der Waals surface area contributed by atoms with E-state index in [9.17, 15) is 0 Å². The summed E-state index contributed by atoms with van der Waals surface area (Å²) in [4.78, 5) is 7.01. The minimum absolute atomic E-state index is 0.449. The van der Waals surface area contributed by atoms with E-state index >= 15 is 0 Å². The van der Waals surface area contributed by atoms with Crippen LogP contribution in [0.15, 0.2) is 12.3 Å². The number of nitrogens with two attached hydrogens (primary N) is 1. The average Bonchev–Trinajstić information content (AvgIpc) is 2.39. The number of aromatic nitrogens is 1. The van der Waals surface area contributed by atoms with E-state index in [1.807, 2.05) is 6.20 Å². The molecule has 1 aliphatic rings. The van der Waals surface area contributed by atoms with E-state index in [-0.39, 0.29) is 0 Å². The first kappa shape index (κ1) is 13.3. The second-order valence-electron chi connectivity index (χ2n) is 4.85. The molecule has 0 saturated carbocycles. The Hall–Kier alpha value is -1.13. The molecule has 0 aromatic carbocycles. The molecule has 4 nitrogen and oxygen atoms in total. The zero-order valence-electron chi connectivity index (χ0n) is 11.4. The third-order valence-electron chi connectivity index (χ3n) is 3.51. The number of nitrogens with zero attached hydrogens (tertiary/aromatic N) is 2. The molecule has 1 unspecified atom stereocenters. The number of aryl methyl sites for hydroxylation is 1. The highest BCUT2D eigenvalue weighted by atomic mass is 16.5. The Balaban J connectivity index is 2.21. The van der Waals surface area contributed by atoms with Gasteiger partial charge in [0, 0.05) is 12.7 Å². The van der Waals surface area contributed by atoms with Crippen molar-refractivity contribution < 1.29 is 4.74 Å². The van der Waals surface area contributed by atoms with Crippen LogP contribution in [0.2, 0.25) is 0 Å². The second-order valence-corrected chi connectivity index (χ2v) is 4.85. The number of hydrogen-bond donors (Lipinski definition) is 1. The van der Waals surface area contributed by atoms with Gasteiger partial charge in [-0.15, -0.1) is 0 Å². The molecule has 1 atom stereocenters. The fraction of sp³-hybridized carbons (Fsp3) is 0.643. The van der Waals surface area contributed by atoms with E-state index < -0.39 is 0 Å². The monoisotopic (exact) mass is 249 g/mol. The molecule has 1 aliphatic heterocycles. The lowest BCUT2D eigenvalue weighted by Crippen LogP contribution is -2.46. The normalized spacial score (nSPS) is 20.2. The van der Waals surface area contributed by atoms with Crippen LogP contribution in [0, 0.1) is 6.92 Å². The smallest absolute Gasteiger partial charge is 0.131 e. The first-order valence-electron chi connectivity index (χ1n) is 6.76. The van der Waals surface area contributed by atoms with Gasteiger partial charge in [-0.25, -0.2) is 4.98 Å². The highest BCUT2D eigenvalue weighted by Crippen LogP contribution is 2.23. The maximum absolute atomic E-state index is 5.58. The van der Waals surface area contributed by atoms with Gasteiger partial charge in [0.05, 0.1) is 19.3 Å². The van der Waals surface area contributed by atoms with E-state index in [0.717, 1.165) is 38.4 Å². The summed E-state index contributed by atoms with van der Waals surface area (Å²) in [6.45, 7) is 7.54. The number of hydrogen-bond acceptors (Lipinski definition) is 4. The third kappa shape index (κ3) is 2.82. The first-order valence-corrected chi connectivity index (χ1v) is 6.76. The van der Waals surface area contributed by atoms with Crippen molar-refractivity contribution in [3.05, 3.63) is 23.4 Å². The van der Waals surface area contributed by atoms with Crippen LogP contribution in [0.5, 0.6) is 0 Å². The lowest BCUT2D eigenvalue weighted by molar-refractivity contribution is 0.0925. The fourth-order valence-corrected chi connectivity index (χ4v) is 2.50. The number of rotatable bonds is 4. The average molecular weight is 249 g/mol. The molecule has 4 heteroatoms. The quantitative estimate of drug-likeness (QED) is 0.878. The van der Waals surface area contributed by atoms with Gasteiger partial charge in [-0.3, -0.25) is 0 Å². The van der Waals surface area contributed by atoms with E-state index in [2.05, 4.69) is 29.8 Å². The van der Waals surface area contributed by atoms with Gasteiger partial charge >= 0.3 is 0 Å². The summed E-state index contributed by atoms with van der Waals surface area (Å²) < 4.78 is 5.54. The van der Waals surface area contributed by atoms with Crippen molar-refractivity contribution in [3.63, 3.8) is 0 Å². The van der Waals surface area contributed by atoms with Crippen LogP contribution in [0.3, 0.4) is 0 Å². The molecule has 100 valence electrons. The molecule has 2 rings (SSSR count). The number of pyridine rings is 1. The Morgan fingerprint density at radius 1 is 1.56 bits per heavy atom. The SMILES string of the molecule is CCC1COCCN1c1ncc(CCN)cc1C. The third-order valence-corrected chi connectivity index (χ3v) is 3.51. The van der Waals surface area contributed by atoms with Crippen molar-refractivity contribution >= 4 is 5.82 Å². The Labute approximate surface area is 109 Å². The predicted molar refractivity (Wildman–Crippen MR) is 74.0 cm³/mol. The highest BCUT2D eigenvalue weighted by molar-refractivity contribution is 5.48. The molecule has 2 heterocycles. The van der Waals surface area contributed by atoms with Gasteiger partial charge in [-0.05, 0) is 37.4 Å². The minimum Gasteiger partial charge on any atom is -0.377 e. The van der Waals surface area contributed by atoms with Crippen molar-refractivity contribution in [2.45, 2.75) is 32.7 Å². The molecular weight excluding hydrogens is 226 g/mol. The highest BCUT2D eigenvalue weighted by Gasteiger charge is 2.23. The lowest BCUT2D eigenvalue weighted by atomic mass is 10.1. The number of ether oxygens (including phenoxy) is 1. The molecule has 0 spiro atoms. The van der Waals surface area contributed by atoms with Crippen molar-refractivity contribution in [1.29, 1.82) is 0 Å². The van der Waals surface area contributed by atoms with E-state index in [0.29, 0.717) is 12.6 Å². The van der Waals surface area contributed by atoms with Crippen LogP contribution in [0.25, 0.3) is 0 Å². The molecule has 0 amide bonds. The largest absolute Gasteiger partial charge is 0.377 e. The van der Waals surface area contributed by atoms with Gasteiger partial charge in [-0.2, -0.15) is 0 Å². The fourth-order valence-electron chi connectivity index (χ4n) is 2.50. The second kappa shape index (κ2) is 6.16. The van der Waals surface area contributed by atoms with Crippen LogP contribution >= 0.6 is 0 Å². The zero-order valence-corrected chi connectivity index (χ0v) is 11.4. The summed E-state index contributed by atoms with van der Waals surface area (Å²) in [6.07, 6.45) is 3.94. The molecule has 2 N–H and O–H groups in total. The summed E-state index contributed by atoms with van der Waals surface area (Å²) in [7, 11) is 0. The van der Waals surface area contributed by atoms with Gasteiger partial charge in [-0.1, -0.05) is 13.0 Å². The van der Waals surface area contributed by atoms with Crippen LogP contribution in [0.4, 0.5) is 5.82 Å². The van der Waals surface area contributed by atoms with Crippen LogP contribution in [-0.2, 0) is 11.2 Å². The Kier molecular flexibility index (Phi) is 4.55. The molecule has 0 bridgehead atoms. The maximum atomic E-state index is 5.58. The van der Waals surface area contributed by atoms with Gasteiger partial charge in [0.15, 0.2) is 0 Å². The van der Waals surface area contributed by atoms with E-state index in [1.165, 1.54) is 11.1 Å². The first-order chi connectivity index (χ1) is 8.76. The van der Waals surface area contributed by atoms with Crippen molar-refractivity contribution in [2.24, 2.45) is 5.73 Å². The van der Waals surface area contributed by atoms with Crippen LogP contribution in [0.1, 0.15) is 24.5 Å². The van der Waals surface area contributed by atoms with Crippen molar-refractivity contribution in [3.8, 4) is 0 Å². The van der Waals surface area contributed by atoms with Gasteiger partial charge in [0.2, 0.25) is 0 Å². The van der Waals surface area contributed by atoms with Gasteiger partial charge in [0.1, 0.15) is 5.82 Å². The standard InChI is InChI=1S/C14H23N3O/c1-3-13-10-18-7-6-17(13)14-11(2)8-12(4-5-15)9-16-14/h8-9,13H,3-7,10,15H2,1-2H3. The van der Waals surface area contributed by atoms with E-state index in [1.54, 1.807) is 0 Å². The summed E-state index contributed by atoms with van der Waals surface area (Å²) >= 11 is 0. The van der Waals surface area contributed by atoms with E-state index in [4.69, 9.17) is 10.5 Å². The Morgan fingerprint density at radius 3 is 3.06 bits per heavy atom. The molecule has 0 radical (unpaired) electrons. The molecular formula is C14H23N3O. The number of anilines is 1. The van der Waals surface area contributed by atoms with Crippen molar-refractivity contribution in [1.82, 2.24) is 4.98 Å². The lowest BCUT2D eigenvalue weighted by Gasteiger charge is -2.36. The van der Waals surface area contributed by atoms with Crippen LogP contribution in [-0.4, -0.2) is 37.3 Å². The Bertz CT molecular complexity index is 395. The summed E-state index contributed by atoms with van der Waals surface area (Å²) in [5, 5.41) is 0. The molecule has 1 aromatic rings. The van der Waals surface area contributed by atoms with Gasteiger partial charge in [0.25, 0.3) is 0 Å². The topological polar surface area (TPSA) is 51.4 Å².